The third kappa shape index (κ3) is 10.0. The number of hydrogen-bond donors (Lipinski definition) is 4. The fraction of sp³-hybridized carbons (Fsp3) is 0.409. The van der Waals surface area contributed by atoms with E-state index in [0.717, 1.165) is 70.6 Å². The highest BCUT2D eigenvalue weighted by molar-refractivity contribution is 7.92. The first-order valence-electron chi connectivity index (χ1n) is 21.3. The number of benzene rings is 3. The summed E-state index contributed by atoms with van der Waals surface area (Å²) in [7, 11) is -0.415. The van der Waals surface area contributed by atoms with Crippen LogP contribution in [0.2, 0.25) is 5.02 Å². The number of halogens is 1. The first-order chi connectivity index (χ1) is 30.7. The van der Waals surface area contributed by atoms with Gasteiger partial charge in [0.15, 0.2) is 5.82 Å². The quantitative estimate of drug-likeness (QED) is 0.131. The number of aromatic nitrogens is 2. The molecule has 1 unspecified atom stereocenters. The summed E-state index contributed by atoms with van der Waals surface area (Å²) < 4.78 is 31.5. The fourth-order valence-electron chi connectivity index (χ4n) is 8.74. The molecule has 18 nitrogen and oxygen atoms in total. The summed E-state index contributed by atoms with van der Waals surface area (Å²) in [5.74, 6) is 0.524. The third-order valence-corrected chi connectivity index (χ3v) is 13.8. The minimum atomic E-state index is -3.51. The summed E-state index contributed by atoms with van der Waals surface area (Å²) in [4.78, 5) is 68.1. The molecular weight excluding hydrogens is 862 g/mol. The number of para-hydroxylation sites is 2. The molecule has 3 fully saturated rings. The van der Waals surface area contributed by atoms with E-state index in [4.69, 9.17) is 16.3 Å². The number of carbonyl (C=O) groups is 4. The van der Waals surface area contributed by atoms with Crippen molar-refractivity contribution in [2.75, 3.05) is 97.9 Å². The molecule has 4 N–H and O–H groups in total. The van der Waals surface area contributed by atoms with Gasteiger partial charge in [0.1, 0.15) is 16.8 Å². The Hall–Kier alpha value is -6.02. The Balaban J connectivity index is 0.794. The molecular formula is C44H52ClN11O7S. The molecule has 0 spiro atoms. The van der Waals surface area contributed by atoms with Crippen molar-refractivity contribution in [1.29, 1.82) is 0 Å². The van der Waals surface area contributed by atoms with E-state index in [0.29, 0.717) is 51.4 Å². The lowest BCUT2D eigenvalue weighted by Gasteiger charge is -2.39. The molecule has 5 heterocycles. The summed E-state index contributed by atoms with van der Waals surface area (Å²) in [6.07, 6.45) is 5.16. The number of methoxy groups -OCH3 is 1. The average Bonchev–Trinajstić information content (AvgIpc) is 3.61. The van der Waals surface area contributed by atoms with E-state index in [2.05, 4.69) is 45.9 Å². The van der Waals surface area contributed by atoms with E-state index in [1.54, 1.807) is 49.6 Å². The van der Waals surface area contributed by atoms with E-state index in [9.17, 15) is 27.6 Å². The maximum Gasteiger partial charge on any atom is 0.255 e. The van der Waals surface area contributed by atoms with Crippen molar-refractivity contribution >= 4 is 85.5 Å². The Morgan fingerprint density at radius 2 is 1.66 bits per heavy atom. The monoisotopic (exact) mass is 913 g/mol. The van der Waals surface area contributed by atoms with E-state index >= 15 is 0 Å². The number of amides is 4. The van der Waals surface area contributed by atoms with Crippen molar-refractivity contribution in [3.05, 3.63) is 83.0 Å². The van der Waals surface area contributed by atoms with E-state index < -0.39 is 22.0 Å². The Bertz CT molecular complexity index is 2550. The molecule has 4 amide bonds. The van der Waals surface area contributed by atoms with Crippen molar-refractivity contribution in [2.45, 2.75) is 38.3 Å². The Morgan fingerprint density at radius 3 is 2.39 bits per heavy atom. The largest absolute Gasteiger partial charge is 0.494 e. The van der Waals surface area contributed by atoms with Gasteiger partial charge in [-0.05, 0) is 61.6 Å². The topological polar surface area (TPSA) is 202 Å². The lowest BCUT2D eigenvalue weighted by molar-refractivity contribution is -0.137. The second-order valence-corrected chi connectivity index (χ2v) is 19.0. The lowest BCUT2D eigenvalue weighted by atomic mass is 9.95. The molecule has 20 heteroatoms. The molecule has 4 aliphatic heterocycles. The van der Waals surface area contributed by atoms with Crippen LogP contribution in [-0.4, -0.2) is 136 Å². The molecule has 3 saturated heterocycles. The van der Waals surface area contributed by atoms with Gasteiger partial charge in [-0.1, -0.05) is 29.8 Å². The van der Waals surface area contributed by atoms with Gasteiger partial charge >= 0.3 is 0 Å². The molecule has 1 aromatic heterocycles. The smallest absolute Gasteiger partial charge is 0.255 e. The summed E-state index contributed by atoms with van der Waals surface area (Å²) in [5, 5.41) is 12.0. The van der Waals surface area contributed by atoms with Gasteiger partial charge in [0.25, 0.3) is 5.91 Å². The molecule has 0 bridgehead atoms. The molecule has 8 rings (SSSR count). The minimum absolute atomic E-state index is 0.151. The van der Waals surface area contributed by atoms with Crippen LogP contribution in [0.1, 0.15) is 41.6 Å². The molecule has 4 aliphatic rings. The van der Waals surface area contributed by atoms with Crippen LogP contribution in [0.5, 0.6) is 5.75 Å². The van der Waals surface area contributed by atoms with Gasteiger partial charge < -0.3 is 35.4 Å². The van der Waals surface area contributed by atoms with Crippen LogP contribution in [0.15, 0.2) is 66.9 Å². The summed E-state index contributed by atoms with van der Waals surface area (Å²) in [6.45, 7) is 6.56. The van der Waals surface area contributed by atoms with Gasteiger partial charge in [-0.15, -0.1) is 0 Å². The molecule has 1 atom stereocenters. The van der Waals surface area contributed by atoms with Crippen molar-refractivity contribution in [2.24, 2.45) is 5.92 Å². The first-order valence-corrected chi connectivity index (χ1v) is 23.5. The van der Waals surface area contributed by atoms with Crippen LogP contribution in [0.4, 0.5) is 40.2 Å². The predicted molar refractivity (Wildman–Crippen MR) is 245 cm³/mol. The van der Waals surface area contributed by atoms with Crippen LogP contribution >= 0.6 is 11.6 Å². The number of sulfonamides is 1. The normalized spacial score (nSPS) is 18.7. The Morgan fingerprint density at radius 1 is 0.922 bits per heavy atom. The van der Waals surface area contributed by atoms with Crippen LogP contribution in [0.3, 0.4) is 0 Å². The third-order valence-electron chi connectivity index (χ3n) is 12.4. The van der Waals surface area contributed by atoms with E-state index in [1.165, 1.54) is 22.4 Å². The number of carbonyl (C=O) groups excluding carboxylic acids is 4. The van der Waals surface area contributed by atoms with Crippen molar-refractivity contribution in [3.63, 3.8) is 0 Å². The molecule has 0 saturated carbocycles. The highest BCUT2D eigenvalue weighted by atomic mass is 35.5. The minimum Gasteiger partial charge on any atom is -0.494 e. The number of hydrogen-bond acceptors (Lipinski definition) is 14. The van der Waals surface area contributed by atoms with E-state index in [-0.39, 0.29) is 54.6 Å². The standard InChI is InChI=1S/C44H52ClN11O7S/c1-52(64(3,61)62)36-10-5-4-8-34(36)48-41-32(45)24-46-44(51-41)49-35-12-11-29(23-38(35)63-2)55-17-15-28(16-18-55)25-53-19-21-54(22-20-53)27-40(58)47-33-9-6-7-30-31(33)26-56(43(30)60)37-13-14-39(57)50-42(37)59/h4-12,23-24,28,37H,13-22,25-27H2,1-3H3,(H,47,58)(H,50,57,59)(H2,46,48,49,51). The van der Waals surface area contributed by atoms with Crippen molar-refractivity contribution in [3.8, 4) is 5.75 Å². The average molecular weight is 914 g/mol. The second kappa shape index (κ2) is 19.0. The van der Waals surface area contributed by atoms with Crippen molar-refractivity contribution < 1.29 is 32.3 Å². The summed E-state index contributed by atoms with van der Waals surface area (Å²) >= 11 is 6.47. The molecule has 338 valence electrons. The zero-order chi connectivity index (χ0) is 45.1. The zero-order valence-corrected chi connectivity index (χ0v) is 37.5. The Labute approximate surface area is 377 Å². The van der Waals surface area contributed by atoms with Gasteiger partial charge in [-0.2, -0.15) is 4.98 Å². The number of imide groups is 1. The maximum absolute atomic E-state index is 13.2. The SMILES string of the molecule is COc1cc(N2CCC(CN3CCN(CC(=O)Nc4cccc5c4CN(C4CCC(=O)NC4=O)C5=O)CC3)CC2)ccc1Nc1ncc(Cl)c(Nc2ccccc2N(C)S(C)(=O)=O)n1. The molecule has 0 aliphatic carbocycles. The van der Waals surface area contributed by atoms with Crippen LogP contribution in [0, 0.1) is 5.92 Å². The number of ether oxygens (including phenoxy) is 1. The molecule has 0 radical (unpaired) electrons. The number of fused-ring (bicyclic) bond motifs is 1. The highest BCUT2D eigenvalue weighted by Crippen LogP contribution is 2.36. The summed E-state index contributed by atoms with van der Waals surface area (Å²) in [6, 6.07) is 17.5. The van der Waals surface area contributed by atoms with Crippen molar-refractivity contribution in [1.82, 2.24) is 30.0 Å². The number of nitrogens with one attached hydrogen (secondary N) is 4. The van der Waals surface area contributed by atoms with E-state index in [1.807, 2.05) is 18.2 Å². The number of piperidine rings is 2. The number of anilines is 7. The fourth-order valence-corrected chi connectivity index (χ4v) is 9.39. The number of piperazine rings is 1. The highest BCUT2D eigenvalue weighted by Gasteiger charge is 2.40. The zero-order valence-electron chi connectivity index (χ0n) is 36.0. The van der Waals surface area contributed by atoms with Gasteiger partial charge in [0.05, 0.1) is 43.2 Å². The van der Waals surface area contributed by atoms with Gasteiger partial charge in [-0.3, -0.25) is 33.7 Å². The molecule has 3 aromatic carbocycles. The Kier molecular flexibility index (Phi) is 13.2. The molecule has 4 aromatic rings. The number of nitrogens with zero attached hydrogens (tertiary/aromatic N) is 7. The lowest BCUT2D eigenvalue weighted by Crippen LogP contribution is -2.52. The predicted octanol–water partition coefficient (Wildman–Crippen LogP) is 4.26. The maximum atomic E-state index is 13.2. The van der Waals surface area contributed by atoms with Crippen LogP contribution in [0.25, 0.3) is 0 Å². The van der Waals surface area contributed by atoms with Gasteiger partial charge in [-0.25, -0.2) is 13.4 Å². The van der Waals surface area contributed by atoms with Crippen LogP contribution in [-0.2, 0) is 31.0 Å². The number of rotatable bonds is 14. The molecule has 64 heavy (non-hydrogen) atoms. The van der Waals surface area contributed by atoms with Crippen LogP contribution < -0.4 is 35.2 Å². The second-order valence-electron chi connectivity index (χ2n) is 16.6. The van der Waals surface area contributed by atoms with Gasteiger partial charge in [0, 0.05) is 94.4 Å². The first kappa shape index (κ1) is 44.6. The summed E-state index contributed by atoms with van der Waals surface area (Å²) in [5.41, 5.74) is 4.38. The van der Waals surface area contributed by atoms with Gasteiger partial charge in [0.2, 0.25) is 33.7 Å².